The zero-order valence-corrected chi connectivity index (χ0v) is 11.3. The third-order valence-corrected chi connectivity index (χ3v) is 3.86. The van der Waals surface area contributed by atoms with Gasteiger partial charge in [0.15, 0.2) is 0 Å². The number of methoxy groups -OCH3 is 1. The minimum atomic E-state index is -0.286. The topological polar surface area (TPSA) is 47.6 Å². The summed E-state index contributed by atoms with van der Waals surface area (Å²) in [5, 5.41) is 3.28. The second kappa shape index (κ2) is 7.10. The van der Waals surface area contributed by atoms with Gasteiger partial charge in [0.05, 0.1) is 13.7 Å². The Labute approximate surface area is 109 Å². The van der Waals surface area contributed by atoms with E-state index in [1.165, 1.54) is 39.2 Å². The van der Waals surface area contributed by atoms with E-state index in [9.17, 15) is 4.79 Å². The smallest absolute Gasteiger partial charge is 0.325 e. The molecule has 0 heterocycles. The summed E-state index contributed by atoms with van der Waals surface area (Å²) in [4.78, 5) is 11.6. The van der Waals surface area contributed by atoms with Gasteiger partial charge < -0.3 is 9.47 Å². The predicted octanol–water partition coefficient (Wildman–Crippen LogP) is 1.88. The van der Waals surface area contributed by atoms with Crippen molar-refractivity contribution in [2.75, 3.05) is 20.3 Å². The van der Waals surface area contributed by atoms with Gasteiger partial charge in [-0.1, -0.05) is 19.3 Å². The maximum absolute atomic E-state index is 11.6. The number of hydrogen-bond acceptors (Lipinski definition) is 4. The van der Waals surface area contributed by atoms with Crippen LogP contribution in [0.15, 0.2) is 0 Å². The van der Waals surface area contributed by atoms with Gasteiger partial charge in [-0.25, -0.2) is 0 Å². The average molecular weight is 255 g/mol. The summed E-state index contributed by atoms with van der Waals surface area (Å²) >= 11 is 0. The second-order valence-electron chi connectivity index (χ2n) is 5.56. The van der Waals surface area contributed by atoms with E-state index in [0.29, 0.717) is 18.6 Å². The molecule has 1 unspecified atom stereocenters. The number of nitrogens with one attached hydrogen (secondary N) is 1. The quantitative estimate of drug-likeness (QED) is 0.706. The first-order valence-electron chi connectivity index (χ1n) is 7.21. The highest BCUT2D eigenvalue weighted by atomic mass is 16.5. The van der Waals surface area contributed by atoms with Crippen LogP contribution in [0.1, 0.15) is 44.9 Å². The first-order valence-corrected chi connectivity index (χ1v) is 7.21. The van der Waals surface area contributed by atoms with Gasteiger partial charge in [0.2, 0.25) is 0 Å². The van der Waals surface area contributed by atoms with Gasteiger partial charge in [-0.3, -0.25) is 10.1 Å². The van der Waals surface area contributed by atoms with E-state index in [2.05, 4.69) is 5.32 Å². The molecule has 0 amide bonds. The van der Waals surface area contributed by atoms with Crippen LogP contribution < -0.4 is 5.32 Å². The molecular weight excluding hydrogens is 230 g/mol. The molecular formula is C14H25NO3. The zero-order chi connectivity index (χ0) is 12.8. The lowest BCUT2D eigenvalue weighted by atomic mass is 9.90. The molecule has 2 aliphatic carbocycles. The van der Waals surface area contributed by atoms with Crippen molar-refractivity contribution >= 4 is 5.97 Å². The standard InChI is InChI=1S/C14H25NO3/c1-17-14(16)13(15-12-7-8-12)10-18-9-11-5-3-2-4-6-11/h11-13,15H,2-10H2,1H3. The van der Waals surface area contributed by atoms with Crippen molar-refractivity contribution in [3.05, 3.63) is 0 Å². The van der Waals surface area contributed by atoms with Crippen LogP contribution in [0, 0.1) is 5.92 Å². The fourth-order valence-electron chi connectivity index (χ4n) is 2.57. The van der Waals surface area contributed by atoms with Gasteiger partial charge in [-0.15, -0.1) is 0 Å². The van der Waals surface area contributed by atoms with Crippen molar-refractivity contribution in [3.63, 3.8) is 0 Å². The van der Waals surface area contributed by atoms with Crippen LogP contribution in [-0.2, 0) is 14.3 Å². The normalized spacial score (nSPS) is 22.7. The Balaban J connectivity index is 1.65. The van der Waals surface area contributed by atoms with Crippen molar-refractivity contribution in [1.82, 2.24) is 5.32 Å². The molecule has 104 valence electrons. The molecule has 0 bridgehead atoms. The third kappa shape index (κ3) is 4.58. The summed E-state index contributed by atoms with van der Waals surface area (Å²) < 4.78 is 10.5. The fraction of sp³-hybridized carbons (Fsp3) is 0.929. The number of carbonyl (C=O) groups is 1. The Bertz CT molecular complexity index is 260. The molecule has 0 aromatic heterocycles. The molecule has 0 saturated heterocycles. The van der Waals surface area contributed by atoms with Gasteiger partial charge in [0, 0.05) is 12.6 Å². The van der Waals surface area contributed by atoms with Crippen molar-refractivity contribution in [2.24, 2.45) is 5.92 Å². The maximum Gasteiger partial charge on any atom is 0.325 e. The Morgan fingerprint density at radius 3 is 2.56 bits per heavy atom. The first-order chi connectivity index (χ1) is 8.79. The Morgan fingerprint density at radius 1 is 1.22 bits per heavy atom. The highest BCUT2D eigenvalue weighted by molar-refractivity contribution is 5.75. The van der Waals surface area contributed by atoms with Gasteiger partial charge in [-0.2, -0.15) is 0 Å². The average Bonchev–Trinajstić information content (AvgIpc) is 3.22. The molecule has 0 radical (unpaired) electrons. The molecule has 1 atom stereocenters. The van der Waals surface area contributed by atoms with Crippen LogP contribution in [0.25, 0.3) is 0 Å². The van der Waals surface area contributed by atoms with E-state index >= 15 is 0 Å². The zero-order valence-electron chi connectivity index (χ0n) is 11.3. The highest BCUT2D eigenvalue weighted by Crippen LogP contribution is 2.24. The van der Waals surface area contributed by atoms with Crippen molar-refractivity contribution in [3.8, 4) is 0 Å². The third-order valence-electron chi connectivity index (χ3n) is 3.86. The van der Waals surface area contributed by atoms with E-state index < -0.39 is 0 Å². The molecule has 1 N–H and O–H groups in total. The van der Waals surface area contributed by atoms with Crippen LogP contribution in [0.2, 0.25) is 0 Å². The van der Waals surface area contributed by atoms with Crippen LogP contribution in [-0.4, -0.2) is 38.4 Å². The Kier molecular flexibility index (Phi) is 5.45. The van der Waals surface area contributed by atoms with Crippen molar-refractivity contribution < 1.29 is 14.3 Å². The van der Waals surface area contributed by atoms with Crippen LogP contribution in [0.5, 0.6) is 0 Å². The number of rotatable bonds is 7. The molecule has 2 aliphatic rings. The van der Waals surface area contributed by atoms with E-state index in [1.54, 1.807) is 0 Å². The molecule has 4 nitrogen and oxygen atoms in total. The predicted molar refractivity (Wildman–Crippen MR) is 69.4 cm³/mol. The van der Waals surface area contributed by atoms with Crippen molar-refractivity contribution in [1.29, 1.82) is 0 Å². The van der Waals surface area contributed by atoms with Crippen LogP contribution >= 0.6 is 0 Å². The largest absolute Gasteiger partial charge is 0.468 e. The number of hydrogen-bond donors (Lipinski definition) is 1. The van der Waals surface area contributed by atoms with E-state index in [1.807, 2.05) is 0 Å². The molecule has 0 aromatic carbocycles. The van der Waals surface area contributed by atoms with Gasteiger partial charge in [0.1, 0.15) is 6.04 Å². The molecule has 0 aromatic rings. The highest BCUT2D eigenvalue weighted by Gasteiger charge is 2.29. The SMILES string of the molecule is COC(=O)C(COCC1CCCCC1)NC1CC1. The summed E-state index contributed by atoms with van der Waals surface area (Å²) in [6.07, 6.45) is 8.90. The molecule has 2 fully saturated rings. The van der Waals surface area contributed by atoms with E-state index in [-0.39, 0.29) is 12.0 Å². The number of carbonyl (C=O) groups excluding carboxylic acids is 1. The molecule has 18 heavy (non-hydrogen) atoms. The molecule has 0 spiro atoms. The Morgan fingerprint density at radius 2 is 1.94 bits per heavy atom. The summed E-state index contributed by atoms with van der Waals surface area (Å²) in [6.45, 7) is 1.24. The monoisotopic (exact) mass is 255 g/mol. The molecule has 2 rings (SSSR count). The summed E-state index contributed by atoms with van der Waals surface area (Å²) in [7, 11) is 1.44. The number of ether oxygens (including phenoxy) is 2. The molecule has 2 saturated carbocycles. The van der Waals surface area contributed by atoms with Gasteiger partial charge >= 0.3 is 5.97 Å². The Hall–Kier alpha value is -0.610. The maximum atomic E-state index is 11.6. The second-order valence-corrected chi connectivity index (χ2v) is 5.56. The fourth-order valence-corrected chi connectivity index (χ4v) is 2.57. The van der Waals surface area contributed by atoms with E-state index in [0.717, 1.165) is 19.4 Å². The minimum Gasteiger partial charge on any atom is -0.468 e. The summed E-state index contributed by atoms with van der Waals surface area (Å²) in [5.41, 5.74) is 0. The van der Waals surface area contributed by atoms with E-state index in [4.69, 9.17) is 9.47 Å². The van der Waals surface area contributed by atoms with Crippen molar-refractivity contribution in [2.45, 2.75) is 57.0 Å². The lowest BCUT2D eigenvalue weighted by molar-refractivity contribution is -0.145. The minimum absolute atomic E-state index is 0.203. The molecule has 4 heteroatoms. The first kappa shape index (κ1) is 13.8. The van der Waals surface area contributed by atoms with Gasteiger partial charge in [-0.05, 0) is 31.6 Å². The lowest BCUT2D eigenvalue weighted by Crippen LogP contribution is -2.43. The molecule has 0 aliphatic heterocycles. The number of esters is 1. The van der Waals surface area contributed by atoms with Gasteiger partial charge in [0.25, 0.3) is 0 Å². The van der Waals surface area contributed by atoms with Crippen LogP contribution in [0.4, 0.5) is 0 Å². The van der Waals surface area contributed by atoms with Crippen LogP contribution in [0.3, 0.4) is 0 Å². The summed E-state index contributed by atoms with van der Waals surface area (Å²) in [5.74, 6) is 0.489. The lowest BCUT2D eigenvalue weighted by Gasteiger charge is -2.23. The summed E-state index contributed by atoms with van der Waals surface area (Å²) in [6, 6.07) is 0.207.